The SMILES string of the molecule is CNc1ccc(SN2CCN(C=O)CC2)cc1. The van der Waals surface area contributed by atoms with Gasteiger partial charge in [-0.1, -0.05) is 0 Å². The van der Waals surface area contributed by atoms with E-state index >= 15 is 0 Å². The highest BCUT2D eigenvalue weighted by Crippen LogP contribution is 2.24. The quantitative estimate of drug-likeness (QED) is 0.650. The Morgan fingerprint density at radius 2 is 1.82 bits per heavy atom. The fourth-order valence-electron chi connectivity index (χ4n) is 1.73. The summed E-state index contributed by atoms with van der Waals surface area (Å²) in [5.74, 6) is 0. The molecule has 1 aromatic carbocycles. The Balaban J connectivity index is 1.86. The second-order valence-corrected chi connectivity index (χ2v) is 5.11. The second-order valence-electron chi connectivity index (χ2n) is 3.94. The van der Waals surface area contributed by atoms with Gasteiger partial charge in [0.15, 0.2) is 0 Å². The molecule has 4 nitrogen and oxygen atoms in total. The third kappa shape index (κ3) is 3.38. The van der Waals surface area contributed by atoms with E-state index in [0.717, 1.165) is 38.3 Å². The van der Waals surface area contributed by atoms with Crippen LogP contribution < -0.4 is 5.32 Å². The summed E-state index contributed by atoms with van der Waals surface area (Å²) >= 11 is 1.76. The fourth-order valence-corrected chi connectivity index (χ4v) is 2.63. The molecule has 0 spiro atoms. The molecule has 5 heteroatoms. The lowest BCUT2D eigenvalue weighted by molar-refractivity contribution is -0.119. The van der Waals surface area contributed by atoms with Gasteiger partial charge in [-0.05, 0) is 36.2 Å². The molecular formula is C12H17N3OS. The van der Waals surface area contributed by atoms with Gasteiger partial charge in [0.25, 0.3) is 0 Å². The van der Waals surface area contributed by atoms with E-state index in [4.69, 9.17) is 0 Å². The van der Waals surface area contributed by atoms with Crippen LogP contribution in [0.2, 0.25) is 0 Å². The van der Waals surface area contributed by atoms with Gasteiger partial charge in [0.2, 0.25) is 6.41 Å². The van der Waals surface area contributed by atoms with Crippen LogP contribution >= 0.6 is 11.9 Å². The zero-order valence-corrected chi connectivity index (χ0v) is 10.7. The zero-order valence-electron chi connectivity index (χ0n) is 9.93. The molecule has 1 aromatic rings. The Bertz CT molecular complexity index is 361. The Hall–Kier alpha value is -1.20. The average molecular weight is 251 g/mol. The van der Waals surface area contributed by atoms with Gasteiger partial charge in [-0.15, -0.1) is 0 Å². The Labute approximate surface area is 106 Å². The smallest absolute Gasteiger partial charge is 0.209 e. The van der Waals surface area contributed by atoms with Crippen LogP contribution in [0.15, 0.2) is 29.2 Å². The summed E-state index contributed by atoms with van der Waals surface area (Å²) in [6.45, 7) is 3.50. The van der Waals surface area contributed by atoms with Crippen LogP contribution in [0.3, 0.4) is 0 Å². The summed E-state index contributed by atoms with van der Waals surface area (Å²) in [6, 6.07) is 8.37. The minimum absolute atomic E-state index is 0.825. The minimum atomic E-state index is 0.825. The summed E-state index contributed by atoms with van der Waals surface area (Å²) in [5.41, 5.74) is 1.13. The molecule has 92 valence electrons. The molecule has 0 aromatic heterocycles. The molecule has 17 heavy (non-hydrogen) atoms. The van der Waals surface area contributed by atoms with E-state index in [0.29, 0.717) is 0 Å². The van der Waals surface area contributed by atoms with Crippen LogP contribution in [0.4, 0.5) is 5.69 Å². The second kappa shape index (κ2) is 5.93. The average Bonchev–Trinajstić information content (AvgIpc) is 2.40. The number of carbonyl (C=O) groups is 1. The maximum absolute atomic E-state index is 10.6. The maximum Gasteiger partial charge on any atom is 0.209 e. The van der Waals surface area contributed by atoms with Crippen molar-refractivity contribution in [3.63, 3.8) is 0 Å². The minimum Gasteiger partial charge on any atom is -0.388 e. The van der Waals surface area contributed by atoms with E-state index in [1.54, 1.807) is 11.9 Å². The maximum atomic E-state index is 10.6. The van der Waals surface area contributed by atoms with Crippen LogP contribution in [-0.2, 0) is 4.79 Å². The number of benzene rings is 1. The molecule has 1 N–H and O–H groups in total. The Morgan fingerprint density at radius 1 is 1.18 bits per heavy atom. The third-order valence-corrected chi connectivity index (χ3v) is 3.91. The Kier molecular flexibility index (Phi) is 4.28. The number of piperazine rings is 1. The third-order valence-electron chi connectivity index (χ3n) is 2.80. The topological polar surface area (TPSA) is 35.6 Å². The molecule has 1 aliphatic rings. The van der Waals surface area contributed by atoms with Crippen molar-refractivity contribution < 1.29 is 4.79 Å². The van der Waals surface area contributed by atoms with Gasteiger partial charge in [-0.2, -0.15) is 0 Å². The molecule has 1 heterocycles. The van der Waals surface area contributed by atoms with Crippen LogP contribution in [0.25, 0.3) is 0 Å². The highest BCUT2D eigenvalue weighted by molar-refractivity contribution is 7.97. The predicted molar refractivity (Wildman–Crippen MR) is 71.1 cm³/mol. The summed E-state index contributed by atoms with van der Waals surface area (Å²) in [5, 5.41) is 3.10. The van der Waals surface area contributed by atoms with Crippen molar-refractivity contribution in [3.05, 3.63) is 24.3 Å². The molecule has 0 bridgehead atoms. The van der Waals surface area contributed by atoms with Gasteiger partial charge >= 0.3 is 0 Å². The summed E-state index contributed by atoms with van der Waals surface area (Å²) < 4.78 is 2.30. The summed E-state index contributed by atoms with van der Waals surface area (Å²) in [4.78, 5) is 13.6. The number of nitrogens with zero attached hydrogens (tertiary/aromatic N) is 2. The van der Waals surface area contributed by atoms with Crippen molar-refractivity contribution in [2.24, 2.45) is 0 Å². The highest BCUT2D eigenvalue weighted by atomic mass is 32.2. The molecule has 1 aliphatic heterocycles. The molecule has 0 unspecified atom stereocenters. The molecular weight excluding hydrogens is 234 g/mol. The van der Waals surface area contributed by atoms with E-state index < -0.39 is 0 Å². The lowest BCUT2D eigenvalue weighted by atomic mass is 10.3. The largest absolute Gasteiger partial charge is 0.388 e. The molecule has 2 rings (SSSR count). The first kappa shape index (κ1) is 12.3. The van der Waals surface area contributed by atoms with Crippen LogP contribution in [0.1, 0.15) is 0 Å². The predicted octanol–water partition coefficient (Wildman–Crippen LogP) is 1.51. The normalized spacial score (nSPS) is 16.9. The molecule has 0 saturated carbocycles. The number of hydrogen-bond donors (Lipinski definition) is 1. The van der Waals surface area contributed by atoms with E-state index in [1.165, 1.54) is 4.90 Å². The lowest BCUT2D eigenvalue weighted by Gasteiger charge is -2.31. The van der Waals surface area contributed by atoms with Crippen molar-refractivity contribution >= 4 is 24.0 Å². The number of rotatable bonds is 4. The van der Waals surface area contributed by atoms with E-state index in [2.05, 4.69) is 33.9 Å². The monoisotopic (exact) mass is 251 g/mol. The number of carbonyl (C=O) groups excluding carboxylic acids is 1. The van der Waals surface area contributed by atoms with Gasteiger partial charge in [0.05, 0.1) is 0 Å². The van der Waals surface area contributed by atoms with Crippen molar-refractivity contribution in [1.29, 1.82) is 0 Å². The molecule has 1 saturated heterocycles. The van der Waals surface area contributed by atoms with Crippen molar-refractivity contribution in [2.75, 3.05) is 38.5 Å². The fraction of sp³-hybridized carbons (Fsp3) is 0.417. The van der Waals surface area contributed by atoms with Gasteiger partial charge in [0.1, 0.15) is 0 Å². The first-order valence-electron chi connectivity index (χ1n) is 5.72. The molecule has 1 fully saturated rings. The van der Waals surface area contributed by atoms with Crippen LogP contribution in [0.5, 0.6) is 0 Å². The van der Waals surface area contributed by atoms with Crippen molar-refractivity contribution in [2.45, 2.75) is 4.90 Å². The standard InChI is InChI=1S/C12H17N3OS/c1-13-11-2-4-12(5-3-11)17-15-8-6-14(10-16)7-9-15/h2-5,10,13H,6-9H2,1H3. The molecule has 0 aliphatic carbocycles. The molecule has 0 radical (unpaired) electrons. The lowest BCUT2D eigenvalue weighted by Crippen LogP contribution is -2.42. The van der Waals surface area contributed by atoms with E-state index in [9.17, 15) is 4.79 Å². The Morgan fingerprint density at radius 3 is 2.35 bits per heavy atom. The van der Waals surface area contributed by atoms with Crippen LogP contribution in [-0.4, -0.2) is 48.8 Å². The summed E-state index contributed by atoms with van der Waals surface area (Å²) in [6.07, 6.45) is 0.934. The first-order valence-corrected chi connectivity index (χ1v) is 6.49. The number of anilines is 1. The highest BCUT2D eigenvalue weighted by Gasteiger charge is 2.15. The van der Waals surface area contributed by atoms with Crippen LogP contribution in [0, 0.1) is 0 Å². The molecule has 1 amide bonds. The van der Waals surface area contributed by atoms with Gasteiger partial charge in [-0.3, -0.25) is 4.79 Å². The summed E-state index contributed by atoms with van der Waals surface area (Å²) in [7, 11) is 1.92. The van der Waals surface area contributed by atoms with Gasteiger partial charge < -0.3 is 10.2 Å². The number of amides is 1. The van der Waals surface area contributed by atoms with E-state index in [1.807, 2.05) is 11.9 Å². The van der Waals surface area contributed by atoms with Crippen molar-refractivity contribution in [1.82, 2.24) is 9.21 Å². The van der Waals surface area contributed by atoms with E-state index in [-0.39, 0.29) is 0 Å². The number of nitrogens with one attached hydrogen (secondary N) is 1. The van der Waals surface area contributed by atoms with Gasteiger partial charge in [0, 0.05) is 43.8 Å². The molecule has 0 atom stereocenters. The number of hydrogen-bond acceptors (Lipinski definition) is 4. The zero-order chi connectivity index (χ0) is 12.1. The first-order chi connectivity index (χ1) is 8.31. The van der Waals surface area contributed by atoms with Crippen molar-refractivity contribution in [3.8, 4) is 0 Å². The van der Waals surface area contributed by atoms with Gasteiger partial charge in [-0.25, -0.2) is 4.31 Å².